The zero-order valence-electron chi connectivity index (χ0n) is 8.49. The standard InChI is InChI=1S/C12H11N3/c1-2-14-12-7-9(8-13)10-5-3-4-6-11(10)15-12/h3-7H,2H2,1H3,(H,14,15). The molecular weight excluding hydrogens is 186 g/mol. The van der Waals surface area contributed by atoms with Gasteiger partial charge >= 0.3 is 0 Å². The fraction of sp³-hybridized carbons (Fsp3) is 0.167. The Morgan fingerprint density at radius 1 is 1.40 bits per heavy atom. The molecule has 1 N–H and O–H groups in total. The van der Waals surface area contributed by atoms with E-state index < -0.39 is 0 Å². The van der Waals surface area contributed by atoms with E-state index in [4.69, 9.17) is 5.26 Å². The molecule has 0 aliphatic heterocycles. The molecule has 0 aliphatic rings. The maximum atomic E-state index is 9.02. The van der Waals surface area contributed by atoms with Crippen molar-refractivity contribution < 1.29 is 0 Å². The summed E-state index contributed by atoms with van der Waals surface area (Å²) in [6.45, 7) is 2.80. The second-order valence-electron chi connectivity index (χ2n) is 3.21. The number of nitriles is 1. The molecule has 2 rings (SSSR count). The van der Waals surface area contributed by atoms with Crippen LogP contribution in [0.3, 0.4) is 0 Å². The number of fused-ring (bicyclic) bond motifs is 1. The smallest absolute Gasteiger partial charge is 0.127 e. The lowest BCUT2D eigenvalue weighted by molar-refractivity contribution is 1.17. The molecule has 0 atom stereocenters. The third-order valence-corrected chi connectivity index (χ3v) is 2.19. The zero-order valence-corrected chi connectivity index (χ0v) is 8.49. The summed E-state index contributed by atoms with van der Waals surface area (Å²) in [6.07, 6.45) is 0. The normalized spacial score (nSPS) is 9.87. The van der Waals surface area contributed by atoms with Crippen LogP contribution in [0.2, 0.25) is 0 Å². The Bertz CT molecular complexity index is 526. The minimum Gasteiger partial charge on any atom is -0.370 e. The highest BCUT2D eigenvalue weighted by molar-refractivity contribution is 5.86. The van der Waals surface area contributed by atoms with Crippen LogP contribution in [0.25, 0.3) is 10.9 Å². The van der Waals surface area contributed by atoms with Crippen LogP contribution in [-0.4, -0.2) is 11.5 Å². The second kappa shape index (κ2) is 3.97. The monoisotopic (exact) mass is 197 g/mol. The molecule has 0 amide bonds. The van der Waals surface area contributed by atoms with Gasteiger partial charge in [0, 0.05) is 11.9 Å². The van der Waals surface area contributed by atoms with Crippen molar-refractivity contribution >= 4 is 16.7 Å². The van der Waals surface area contributed by atoms with E-state index in [0.717, 1.165) is 23.3 Å². The van der Waals surface area contributed by atoms with Crippen molar-refractivity contribution in [2.24, 2.45) is 0 Å². The van der Waals surface area contributed by atoms with Gasteiger partial charge in [0.25, 0.3) is 0 Å². The topological polar surface area (TPSA) is 48.7 Å². The number of benzene rings is 1. The molecule has 3 nitrogen and oxygen atoms in total. The van der Waals surface area contributed by atoms with Crippen LogP contribution in [-0.2, 0) is 0 Å². The van der Waals surface area contributed by atoms with Gasteiger partial charge in [0.2, 0.25) is 0 Å². The molecule has 1 aromatic carbocycles. The van der Waals surface area contributed by atoms with Crippen molar-refractivity contribution in [3.05, 3.63) is 35.9 Å². The van der Waals surface area contributed by atoms with E-state index in [1.807, 2.05) is 31.2 Å². The van der Waals surface area contributed by atoms with Gasteiger partial charge in [0.1, 0.15) is 5.82 Å². The Balaban J connectivity index is 2.67. The van der Waals surface area contributed by atoms with Crippen molar-refractivity contribution in [3.63, 3.8) is 0 Å². The molecule has 1 aromatic heterocycles. The molecule has 2 aromatic rings. The van der Waals surface area contributed by atoms with Crippen molar-refractivity contribution in [1.82, 2.24) is 4.98 Å². The largest absolute Gasteiger partial charge is 0.370 e. The lowest BCUT2D eigenvalue weighted by Gasteiger charge is -2.05. The number of nitrogens with zero attached hydrogens (tertiary/aromatic N) is 2. The summed E-state index contributed by atoms with van der Waals surface area (Å²) in [5.41, 5.74) is 1.52. The second-order valence-corrected chi connectivity index (χ2v) is 3.21. The maximum absolute atomic E-state index is 9.02. The third-order valence-electron chi connectivity index (χ3n) is 2.19. The summed E-state index contributed by atoms with van der Waals surface area (Å²) in [7, 11) is 0. The van der Waals surface area contributed by atoms with Crippen LogP contribution in [0.1, 0.15) is 12.5 Å². The minimum atomic E-state index is 0.663. The lowest BCUT2D eigenvalue weighted by Crippen LogP contribution is -2.00. The Hall–Kier alpha value is -2.08. The average molecular weight is 197 g/mol. The van der Waals surface area contributed by atoms with Crippen LogP contribution in [0, 0.1) is 11.3 Å². The highest BCUT2D eigenvalue weighted by Crippen LogP contribution is 2.19. The number of rotatable bonds is 2. The summed E-state index contributed by atoms with van der Waals surface area (Å²) in [5, 5.41) is 13.0. The average Bonchev–Trinajstić information content (AvgIpc) is 2.28. The van der Waals surface area contributed by atoms with Gasteiger partial charge in [0.15, 0.2) is 0 Å². The molecule has 3 heteroatoms. The van der Waals surface area contributed by atoms with E-state index in [2.05, 4.69) is 16.4 Å². The molecule has 0 saturated carbocycles. The first-order valence-electron chi connectivity index (χ1n) is 4.89. The van der Waals surface area contributed by atoms with E-state index in [0.29, 0.717) is 5.56 Å². The number of pyridine rings is 1. The molecule has 0 spiro atoms. The SMILES string of the molecule is CCNc1cc(C#N)c2ccccc2n1. The molecule has 1 heterocycles. The predicted octanol–water partition coefficient (Wildman–Crippen LogP) is 2.54. The molecule has 0 radical (unpaired) electrons. The third kappa shape index (κ3) is 1.75. The molecule has 0 bridgehead atoms. The van der Waals surface area contributed by atoms with E-state index in [1.165, 1.54) is 0 Å². The maximum Gasteiger partial charge on any atom is 0.127 e. The highest BCUT2D eigenvalue weighted by atomic mass is 15.0. The van der Waals surface area contributed by atoms with Crippen molar-refractivity contribution in [2.45, 2.75) is 6.92 Å². The van der Waals surface area contributed by atoms with Gasteiger partial charge in [-0.15, -0.1) is 0 Å². The summed E-state index contributed by atoms with van der Waals surface area (Å²) in [4.78, 5) is 4.41. The van der Waals surface area contributed by atoms with Crippen LogP contribution in [0.4, 0.5) is 5.82 Å². The van der Waals surface area contributed by atoms with Gasteiger partial charge in [-0.2, -0.15) is 5.26 Å². The number of aromatic nitrogens is 1. The van der Waals surface area contributed by atoms with Crippen LogP contribution in [0.15, 0.2) is 30.3 Å². The predicted molar refractivity (Wildman–Crippen MR) is 60.6 cm³/mol. The van der Waals surface area contributed by atoms with Gasteiger partial charge in [0.05, 0.1) is 17.1 Å². The van der Waals surface area contributed by atoms with E-state index in [9.17, 15) is 0 Å². The first kappa shape index (κ1) is 9.47. The summed E-state index contributed by atoms with van der Waals surface area (Å²) in [6, 6.07) is 11.6. The van der Waals surface area contributed by atoms with Gasteiger partial charge in [-0.3, -0.25) is 0 Å². The summed E-state index contributed by atoms with van der Waals surface area (Å²) >= 11 is 0. The minimum absolute atomic E-state index is 0.663. The summed E-state index contributed by atoms with van der Waals surface area (Å²) in [5.74, 6) is 0.757. The van der Waals surface area contributed by atoms with Crippen LogP contribution < -0.4 is 5.32 Å². The molecule has 0 unspecified atom stereocenters. The lowest BCUT2D eigenvalue weighted by atomic mass is 10.1. The van der Waals surface area contributed by atoms with Gasteiger partial charge in [-0.05, 0) is 19.1 Å². The fourth-order valence-corrected chi connectivity index (χ4v) is 1.54. The Labute approximate surface area is 88.4 Å². The highest BCUT2D eigenvalue weighted by Gasteiger charge is 2.03. The van der Waals surface area contributed by atoms with Gasteiger partial charge in [-0.1, -0.05) is 18.2 Å². The number of hydrogen-bond acceptors (Lipinski definition) is 3. The molecule has 0 fully saturated rings. The first-order valence-corrected chi connectivity index (χ1v) is 4.89. The molecule has 15 heavy (non-hydrogen) atoms. The Kier molecular flexibility index (Phi) is 2.51. The first-order chi connectivity index (χ1) is 7.35. The van der Waals surface area contributed by atoms with Crippen LogP contribution >= 0.6 is 0 Å². The van der Waals surface area contributed by atoms with Crippen LogP contribution in [0.5, 0.6) is 0 Å². The summed E-state index contributed by atoms with van der Waals surface area (Å²) < 4.78 is 0. The van der Waals surface area contributed by atoms with Gasteiger partial charge < -0.3 is 5.32 Å². The van der Waals surface area contributed by atoms with E-state index in [-0.39, 0.29) is 0 Å². The number of nitrogens with one attached hydrogen (secondary N) is 1. The molecule has 0 saturated heterocycles. The Morgan fingerprint density at radius 2 is 2.20 bits per heavy atom. The van der Waals surface area contributed by atoms with E-state index >= 15 is 0 Å². The number of hydrogen-bond donors (Lipinski definition) is 1. The van der Waals surface area contributed by atoms with Crippen molar-refractivity contribution in [3.8, 4) is 6.07 Å². The van der Waals surface area contributed by atoms with E-state index in [1.54, 1.807) is 6.07 Å². The number of para-hydroxylation sites is 1. The zero-order chi connectivity index (χ0) is 10.7. The fourth-order valence-electron chi connectivity index (χ4n) is 1.54. The number of anilines is 1. The quantitative estimate of drug-likeness (QED) is 0.804. The van der Waals surface area contributed by atoms with Gasteiger partial charge in [-0.25, -0.2) is 4.98 Å². The molecule has 74 valence electrons. The molecule has 0 aliphatic carbocycles. The van der Waals surface area contributed by atoms with Crippen molar-refractivity contribution in [2.75, 3.05) is 11.9 Å². The Morgan fingerprint density at radius 3 is 2.93 bits per heavy atom. The molecular formula is C12H11N3. The van der Waals surface area contributed by atoms with Crippen molar-refractivity contribution in [1.29, 1.82) is 5.26 Å².